The Bertz CT molecular complexity index is 850. The molecule has 3 rings (SSSR count). The molecule has 156 valence electrons. The van der Waals surface area contributed by atoms with Crippen LogP contribution in [-0.4, -0.2) is 62.9 Å². The third-order valence-electron chi connectivity index (χ3n) is 4.18. The van der Waals surface area contributed by atoms with Crippen molar-refractivity contribution in [2.45, 2.75) is 6.92 Å². The Morgan fingerprint density at radius 1 is 0.862 bits per heavy atom. The minimum atomic E-state index is 0.0350. The van der Waals surface area contributed by atoms with Gasteiger partial charge in [0.15, 0.2) is 0 Å². The lowest BCUT2D eigenvalue weighted by Gasteiger charge is -2.11. The maximum Gasteiger partial charge on any atom is 0.124 e. The van der Waals surface area contributed by atoms with E-state index < -0.39 is 0 Å². The molecule has 0 amide bonds. The molecule has 0 saturated carbocycles. The highest BCUT2D eigenvalue weighted by Crippen LogP contribution is 2.32. The summed E-state index contributed by atoms with van der Waals surface area (Å²) in [7, 11) is 0. The number of ether oxygens (including phenoxy) is 4. The molecule has 0 bridgehead atoms. The molecule has 0 spiro atoms. The molecule has 0 fully saturated rings. The lowest BCUT2D eigenvalue weighted by Crippen LogP contribution is -2.13. The van der Waals surface area contributed by atoms with E-state index in [1.54, 1.807) is 11.3 Å². The highest BCUT2D eigenvalue weighted by atomic mass is 32.1. The first-order valence-corrected chi connectivity index (χ1v) is 10.5. The molecule has 29 heavy (non-hydrogen) atoms. The molecule has 7 heteroatoms. The van der Waals surface area contributed by atoms with E-state index in [2.05, 4.69) is 12.1 Å². The molecule has 1 heterocycles. The van der Waals surface area contributed by atoms with Crippen LogP contribution in [0.15, 0.2) is 42.5 Å². The topological polar surface area (TPSA) is 70.0 Å². The Kier molecular flexibility index (Phi) is 8.85. The lowest BCUT2D eigenvalue weighted by molar-refractivity contribution is 0.00358. The maximum atomic E-state index is 8.58. The van der Waals surface area contributed by atoms with Gasteiger partial charge in [0.1, 0.15) is 17.4 Å². The zero-order chi connectivity index (χ0) is 20.3. The van der Waals surface area contributed by atoms with Gasteiger partial charge < -0.3 is 24.1 Å². The van der Waals surface area contributed by atoms with Crippen molar-refractivity contribution in [1.29, 1.82) is 0 Å². The number of fused-ring (bicyclic) bond motifs is 1. The van der Waals surface area contributed by atoms with Gasteiger partial charge >= 0.3 is 0 Å². The van der Waals surface area contributed by atoms with Crippen molar-refractivity contribution in [3.8, 4) is 16.3 Å². The first-order valence-electron chi connectivity index (χ1n) is 9.71. The molecule has 2 aromatic carbocycles. The highest BCUT2D eigenvalue weighted by molar-refractivity contribution is 7.21. The van der Waals surface area contributed by atoms with Gasteiger partial charge in [0, 0.05) is 5.56 Å². The minimum Gasteiger partial charge on any atom is -0.491 e. The molecule has 3 aromatic rings. The van der Waals surface area contributed by atoms with Gasteiger partial charge in [-0.3, -0.25) is 0 Å². The van der Waals surface area contributed by atoms with Crippen LogP contribution in [0.25, 0.3) is 20.8 Å². The molecule has 1 aromatic heterocycles. The van der Waals surface area contributed by atoms with E-state index in [1.807, 2.05) is 37.3 Å². The fourth-order valence-corrected chi connectivity index (χ4v) is 3.72. The summed E-state index contributed by atoms with van der Waals surface area (Å²) in [5, 5.41) is 9.60. The van der Waals surface area contributed by atoms with Crippen molar-refractivity contribution < 1.29 is 24.1 Å². The Balaban J connectivity index is 1.36. The second-order valence-corrected chi connectivity index (χ2v) is 7.41. The van der Waals surface area contributed by atoms with Crippen LogP contribution in [0.3, 0.4) is 0 Å². The van der Waals surface area contributed by atoms with Gasteiger partial charge in [-0.05, 0) is 42.8 Å². The van der Waals surface area contributed by atoms with Crippen LogP contribution < -0.4 is 4.74 Å². The number of aromatic nitrogens is 1. The first kappa shape index (κ1) is 21.7. The predicted molar refractivity (Wildman–Crippen MR) is 115 cm³/mol. The van der Waals surface area contributed by atoms with Crippen LogP contribution >= 0.6 is 11.3 Å². The molecule has 1 N–H and O–H groups in total. The summed E-state index contributed by atoms with van der Waals surface area (Å²) in [5.41, 5.74) is 3.21. The number of thiazole rings is 1. The van der Waals surface area contributed by atoms with Gasteiger partial charge in [0.05, 0.1) is 56.5 Å². The lowest BCUT2D eigenvalue weighted by atomic mass is 10.1. The average Bonchev–Trinajstić information content (AvgIpc) is 3.17. The monoisotopic (exact) mass is 417 g/mol. The number of aliphatic hydroxyl groups is 1. The largest absolute Gasteiger partial charge is 0.491 e. The van der Waals surface area contributed by atoms with Crippen LogP contribution in [-0.2, 0) is 14.2 Å². The predicted octanol–water partition coefficient (Wildman–Crippen LogP) is 3.69. The van der Waals surface area contributed by atoms with Crippen molar-refractivity contribution in [2.75, 3.05) is 52.9 Å². The maximum absolute atomic E-state index is 8.58. The normalized spacial score (nSPS) is 11.2. The van der Waals surface area contributed by atoms with Gasteiger partial charge in [-0.15, -0.1) is 11.3 Å². The molecule has 0 atom stereocenters. The van der Waals surface area contributed by atoms with Crippen molar-refractivity contribution in [1.82, 2.24) is 4.98 Å². The molecule has 0 aliphatic carbocycles. The molecule has 0 aliphatic rings. The Morgan fingerprint density at radius 3 is 2.24 bits per heavy atom. The SMILES string of the molecule is Cc1cc(-c2nc3ccccc3s2)ccc1OCCOCCOCCOCCO. The molecule has 0 radical (unpaired) electrons. The molecular formula is C22H27NO5S. The van der Waals surface area contributed by atoms with Gasteiger partial charge in [-0.25, -0.2) is 4.98 Å². The third kappa shape index (κ3) is 6.76. The zero-order valence-corrected chi connectivity index (χ0v) is 17.5. The Hall–Kier alpha value is -2.03. The minimum absolute atomic E-state index is 0.0350. The van der Waals surface area contributed by atoms with Crippen LogP contribution in [0.4, 0.5) is 0 Å². The van der Waals surface area contributed by atoms with E-state index in [0.29, 0.717) is 46.2 Å². The van der Waals surface area contributed by atoms with Crippen molar-refractivity contribution in [3.05, 3.63) is 48.0 Å². The number of aryl methyl sites for hydroxylation is 1. The molecule has 0 aliphatic heterocycles. The Labute approximate surface area is 175 Å². The van der Waals surface area contributed by atoms with E-state index >= 15 is 0 Å². The molecule has 0 saturated heterocycles. The van der Waals surface area contributed by atoms with E-state index in [0.717, 1.165) is 27.4 Å². The zero-order valence-electron chi connectivity index (χ0n) is 16.6. The molecule has 0 unspecified atom stereocenters. The van der Waals surface area contributed by atoms with E-state index in [1.165, 1.54) is 4.70 Å². The average molecular weight is 418 g/mol. The fraction of sp³-hybridized carbons (Fsp3) is 0.409. The number of hydrogen-bond donors (Lipinski definition) is 1. The van der Waals surface area contributed by atoms with Crippen LogP contribution in [0, 0.1) is 6.92 Å². The summed E-state index contributed by atoms with van der Waals surface area (Å²) in [5.74, 6) is 0.857. The smallest absolute Gasteiger partial charge is 0.124 e. The van der Waals surface area contributed by atoms with Gasteiger partial charge in [0.2, 0.25) is 0 Å². The second kappa shape index (κ2) is 11.8. The summed E-state index contributed by atoms with van der Waals surface area (Å²) < 4.78 is 23.0. The molecule has 6 nitrogen and oxygen atoms in total. The van der Waals surface area contributed by atoms with E-state index in [4.69, 9.17) is 29.0 Å². The van der Waals surface area contributed by atoms with Crippen molar-refractivity contribution >= 4 is 21.6 Å². The summed E-state index contributed by atoms with van der Waals surface area (Å²) in [6.07, 6.45) is 0. The summed E-state index contributed by atoms with van der Waals surface area (Å²) in [6.45, 7) is 5.42. The number of nitrogens with zero attached hydrogens (tertiary/aromatic N) is 1. The summed E-state index contributed by atoms with van der Waals surface area (Å²) in [6, 6.07) is 14.3. The number of rotatable bonds is 13. The quantitative estimate of drug-likeness (QED) is 0.428. The van der Waals surface area contributed by atoms with Gasteiger partial charge in [0.25, 0.3) is 0 Å². The van der Waals surface area contributed by atoms with E-state index in [-0.39, 0.29) is 6.61 Å². The van der Waals surface area contributed by atoms with Crippen LogP contribution in [0.1, 0.15) is 5.56 Å². The first-order chi connectivity index (χ1) is 14.3. The summed E-state index contributed by atoms with van der Waals surface area (Å²) in [4.78, 5) is 4.71. The second-order valence-electron chi connectivity index (χ2n) is 6.38. The molecular weight excluding hydrogens is 390 g/mol. The van der Waals surface area contributed by atoms with Crippen LogP contribution in [0.5, 0.6) is 5.75 Å². The van der Waals surface area contributed by atoms with E-state index in [9.17, 15) is 0 Å². The number of hydrogen-bond acceptors (Lipinski definition) is 7. The number of para-hydroxylation sites is 1. The standard InChI is InChI=1S/C22H27NO5S/c1-17-16-18(22-23-19-4-2-3-5-21(19)29-22)6-7-20(17)28-15-14-27-13-12-26-11-10-25-9-8-24/h2-7,16,24H,8-15H2,1H3. The van der Waals surface area contributed by atoms with Crippen molar-refractivity contribution in [3.63, 3.8) is 0 Å². The van der Waals surface area contributed by atoms with Gasteiger partial charge in [-0.1, -0.05) is 12.1 Å². The Morgan fingerprint density at radius 2 is 1.55 bits per heavy atom. The van der Waals surface area contributed by atoms with Crippen LogP contribution in [0.2, 0.25) is 0 Å². The fourth-order valence-electron chi connectivity index (χ4n) is 2.76. The van der Waals surface area contributed by atoms with Crippen molar-refractivity contribution in [2.24, 2.45) is 0 Å². The third-order valence-corrected chi connectivity index (χ3v) is 5.27. The highest BCUT2D eigenvalue weighted by Gasteiger charge is 2.08. The number of aliphatic hydroxyl groups excluding tert-OH is 1. The summed E-state index contributed by atoms with van der Waals surface area (Å²) >= 11 is 1.70. The van der Waals surface area contributed by atoms with Gasteiger partial charge in [-0.2, -0.15) is 0 Å². The number of benzene rings is 2.